The number of ether oxygens (including phenoxy) is 1. The molecule has 0 saturated carbocycles. The van der Waals surface area contributed by atoms with Gasteiger partial charge >= 0.3 is 0 Å². The number of aromatic nitrogens is 3. The van der Waals surface area contributed by atoms with E-state index in [1.54, 1.807) is 6.26 Å². The van der Waals surface area contributed by atoms with Crippen LogP contribution in [-0.2, 0) is 28.5 Å². The van der Waals surface area contributed by atoms with Gasteiger partial charge in [-0.3, -0.25) is 4.21 Å². The Morgan fingerprint density at radius 3 is 2.80 bits per heavy atom. The van der Waals surface area contributed by atoms with Crippen LogP contribution in [0.25, 0.3) is 22.2 Å². The van der Waals surface area contributed by atoms with Gasteiger partial charge in [-0.1, -0.05) is 6.07 Å². The van der Waals surface area contributed by atoms with E-state index in [1.807, 2.05) is 30.5 Å². The van der Waals surface area contributed by atoms with Gasteiger partial charge in [-0.05, 0) is 54.4 Å². The highest BCUT2D eigenvalue weighted by Gasteiger charge is 2.18. The quantitative estimate of drug-likeness (QED) is 0.395. The monoisotopic (exact) mass is 488 g/mol. The molecule has 8 nitrogen and oxygen atoms in total. The molecule has 2 aliphatic heterocycles. The van der Waals surface area contributed by atoms with Gasteiger partial charge in [0.15, 0.2) is 0 Å². The Balaban J connectivity index is 1.45. The average molecular weight is 489 g/mol. The Bertz CT molecular complexity index is 1410. The molecule has 1 fully saturated rings. The average Bonchev–Trinajstić information content (AvgIpc) is 3.37. The van der Waals surface area contributed by atoms with Crippen LogP contribution in [0.5, 0.6) is 0 Å². The van der Waals surface area contributed by atoms with Crippen molar-refractivity contribution in [2.24, 2.45) is 0 Å². The first-order chi connectivity index (χ1) is 17.1. The maximum Gasteiger partial charge on any atom is 0.229 e. The van der Waals surface area contributed by atoms with Gasteiger partial charge in [-0.15, -0.1) is 0 Å². The molecule has 1 saturated heterocycles. The zero-order valence-corrected chi connectivity index (χ0v) is 20.5. The predicted molar refractivity (Wildman–Crippen MR) is 140 cm³/mol. The van der Waals surface area contributed by atoms with Crippen LogP contribution in [0, 0.1) is 0 Å². The molecule has 9 heteroatoms. The predicted octanol–water partition coefficient (Wildman–Crippen LogP) is 3.59. The summed E-state index contributed by atoms with van der Waals surface area (Å²) in [5.41, 5.74) is 6.34. The molecule has 3 N–H and O–H groups in total. The van der Waals surface area contributed by atoms with Crippen LogP contribution >= 0.6 is 0 Å². The summed E-state index contributed by atoms with van der Waals surface area (Å²) in [6.07, 6.45) is 4.62. The molecule has 2 aromatic carbocycles. The maximum absolute atomic E-state index is 12.4. The molecule has 35 heavy (non-hydrogen) atoms. The zero-order valence-electron chi connectivity index (χ0n) is 19.6. The number of hydrogen-bond donors (Lipinski definition) is 3. The van der Waals surface area contributed by atoms with Gasteiger partial charge in [0, 0.05) is 76.0 Å². The third kappa shape index (κ3) is 4.54. The molecule has 0 amide bonds. The second kappa shape index (κ2) is 9.41. The van der Waals surface area contributed by atoms with Crippen LogP contribution in [0.3, 0.4) is 0 Å². The number of hydrogen-bond acceptors (Lipinski definition) is 7. The van der Waals surface area contributed by atoms with Gasteiger partial charge in [0.2, 0.25) is 5.95 Å². The highest BCUT2D eigenvalue weighted by Crippen LogP contribution is 2.33. The number of fused-ring (bicyclic) bond motifs is 2. The van der Waals surface area contributed by atoms with E-state index >= 15 is 0 Å². The van der Waals surface area contributed by atoms with Crippen molar-refractivity contribution in [1.82, 2.24) is 20.3 Å². The molecule has 0 spiro atoms. The van der Waals surface area contributed by atoms with Crippen LogP contribution in [0.4, 0.5) is 17.5 Å². The minimum atomic E-state index is -1.11. The fourth-order valence-corrected chi connectivity index (χ4v) is 5.35. The molecule has 0 bridgehead atoms. The first-order valence-corrected chi connectivity index (χ1v) is 13.5. The maximum atomic E-state index is 12.4. The molecule has 4 heterocycles. The summed E-state index contributed by atoms with van der Waals surface area (Å²) in [6, 6.07) is 14.4. The standard InChI is InChI=1S/C26H28N6O2S/c1-35(33)20-13-22(21-5-7-28-23(21)14-20)24-15-25(32-8-10-34-11-9-32)31-26(30-24)29-19-3-2-18-16-27-6-4-17(18)12-19/h2-3,5,7,12-15,27-28H,4,6,8-11,16H2,1H3,(H,29,30,31). The lowest BCUT2D eigenvalue weighted by Gasteiger charge is -2.28. The normalized spacial score (nSPS) is 16.8. The smallest absolute Gasteiger partial charge is 0.229 e. The first-order valence-electron chi connectivity index (χ1n) is 11.9. The van der Waals surface area contributed by atoms with Crippen molar-refractivity contribution in [2.75, 3.05) is 49.3 Å². The van der Waals surface area contributed by atoms with Gasteiger partial charge in [0.1, 0.15) is 5.82 Å². The van der Waals surface area contributed by atoms with E-state index in [2.05, 4.69) is 38.7 Å². The van der Waals surface area contributed by atoms with E-state index in [4.69, 9.17) is 14.7 Å². The number of aromatic amines is 1. The van der Waals surface area contributed by atoms with Crippen molar-refractivity contribution >= 4 is 39.2 Å². The fraction of sp³-hybridized carbons (Fsp3) is 0.308. The molecule has 2 aliphatic rings. The summed E-state index contributed by atoms with van der Waals surface area (Å²) < 4.78 is 17.9. The van der Waals surface area contributed by atoms with Crippen LogP contribution < -0.4 is 15.5 Å². The SMILES string of the molecule is CS(=O)c1cc(-c2cc(N3CCOCC3)nc(Nc3ccc4c(c3)CCNC4)n2)c2cc[nH]c2c1. The number of H-pyrrole nitrogens is 1. The lowest BCUT2D eigenvalue weighted by molar-refractivity contribution is 0.122. The van der Waals surface area contributed by atoms with Gasteiger partial charge in [-0.25, -0.2) is 4.98 Å². The number of anilines is 3. The lowest BCUT2D eigenvalue weighted by Crippen LogP contribution is -2.36. The summed E-state index contributed by atoms with van der Waals surface area (Å²) >= 11 is 0. The number of nitrogens with one attached hydrogen (secondary N) is 3. The van der Waals surface area contributed by atoms with E-state index in [0.29, 0.717) is 19.2 Å². The van der Waals surface area contributed by atoms with E-state index < -0.39 is 10.8 Å². The Hall–Kier alpha value is -3.27. The molecular weight excluding hydrogens is 460 g/mol. The number of nitrogens with zero attached hydrogens (tertiary/aromatic N) is 3. The Morgan fingerprint density at radius 1 is 1.06 bits per heavy atom. The Morgan fingerprint density at radius 2 is 1.94 bits per heavy atom. The summed E-state index contributed by atoms with van der Waals surface area (Å²) in [5, 5.41) is 7.91. The van der Waals surface area contributed by atoms with Crippen molar-refractivity contribution in [2.45, 2.75) is 17.9 Å². The third-order valence-electron chi connectivity index (χ3n) is 6.65. The van der Waals surface area contributed by atoms with Gasteiger partial charge in [-0.2, -0.15) is 4.98 Å². The van der Waals surface area contributed by atoms with Gasteiger partial charge in [0.25, 0.3) is 0 Å². The van der Waals surface area contributed by atoms with Gasteiger partial charge < -0.3 is 25.3 Å². The van der Waals surface area contributed by atoms with Gasteiger partial charge in [0.05, 0.1) is 18.9 Å². The number of rotatable bonds is 5. The first kappa shape index (κ1) is 22.2. The fourth-order valence-electron chi connectivity index (χ4n) is 4.79. The van der Waals surface area contributed by atoms with Crippen molar-refractivity contribution < 1.29 is 8.95 Å². The van der Waals surface area contributed by atoms with Crippen molar-refractivity contribution in [1.29, 1.82) is 0 Å². The molecule has 0 radical (unpaired) electrons. The topological polar surface area (TPSA) is 95.2 Å². The second-order valence-electron chi connectivity index (χ2n) is 8.93. The van der Waals surface area contributed by atoms with E-state index in [0.717, 1.165) is 71.2 Å². The highest BCUT2D eigenvalue weighted by atomic mass is 32.2. The minimum absolute atomic E-state index is 0.546. The molecule has 2 aromatic heterocycles. The molecule has 0 aliphatic carbocycles. The third-order valence-corrected chi connectivity index (χ3v) is 7.55. The Kier molecular flexibility index (Phi) is 5.97. The highest BCUT2D eigenvalue weighted by molar-refractivity contribution is 7.84. The molecular formula is C26H28N6O2S. The number of benzene rings is 2. The van der Waals surface area contributed by atoms with Crippen molar-refractivity contribution in [3.8, 4) is 11.3 Å². The minimum Gasteiger partial charge on any atom is -0.378 e. The van der Waals surface area contributed by atoms with E-state index in [-0.39, 0.29) is 0 Å². The number of morpholine rings is 1. The molecule has 1 atom stereocenters. The van der Waals surface area contributed by atoms with E-state index in [9.17, 15) is 4.21 Å². The lowest BCUT2D eigenvalue weighted by atomic mass is 10.0. The van der Waals surface area contributed by atoms with Crippen molar-refractivity contribution in [3.63, 3.8) is 0 Å². The Labute approximate surface area is 206 Å². The zero-order chi connectivity index (χ0) is 23.8. The van der Waals surface area contributed by atoms with Crippen LogP contribution in [0.1, 0.15) is 11.1 Å². The van der Waals surface area contributed by atoms with Crippen molar-refractivity contribution in [3.05, 3.63) is 59.8 Å². The summed E-state index contributed by atoms with van der Waals surface area (Å²) in [7, 11) is -1.11. The molecule has 4 aromatic rings. The summed E-state index contributed by atoms with van der Waals surface area (Å²) in [5.74, 6) is 1.40. The summed E-state index contributed by atoms with van der Waals surface area (Å²) in [6.45, 7) is 4.80. The van der Waals surface area contributed by atoms with E-state index in [1.165, 1.54) is 11.1 Å². The van der Waals surface area contributed by atoms with Crippen LogP contribution in [0.15, 0.2) is 53.6 Å². The van der Waals surface area contributed by atoms with Crippen LogP contribution in [-0.4, -0.2) is 58.3 Å². The second-order valence-corrected chi connectivity index (χ2v) is 10.3. The molecule has 1 unspecified atom stereocenters. The molecule has 6 rings (SSSR count). The molecule has 180 valence electrons. The summed E-state index contributed by atoms with van der Waals surface area (Å²) in [4.78, 5) is 16.1. The largest absolute Gasteiger partial charge is 0.378 e. The van der Waals surface area contributed by atoms with Crippen LogP contribution in [0.2, 0.25) is 0 Å².